The number of halogens is 1. The van der Waals surface area contributed by atoms with Crippen molar-refractivity contribution >= 4 is 33.8 Å². The molecule has 0 aromatic heterocycles. The van der Waals surface area contributed by atoms with Gasteiger partial charge in [0.15, 0.2) is 24.6 Å². The zero-order chi connectivity index (χ0) is 16.9. The summed E-state index contributed by atoms with van der Waals surface area (Å²) >= 11 is 3.24. The van der Waals surface area contributed by atoms with Crippen LogP contribution in [0.5, 0.6) is 0 Å². The van der Waals surface area contributed by atoms with Crippen molar-refractivity contribution in [3.8, 4) is 0 Å². The van der Waals surface area contributed by atoms with Gasteiger partial charge in [-0.15, -0.1) is 0 Å². The van der Waals surface area contributed by atoms with Crippen molar-refractivity contribution in [1.29, 1.82) is 0 Å². The largest absolute Gasteiger partial charge is 0.456 e. The molecule has 0 saturated carbocycles. The van der Waals surface area contributed by atoms with E-state index in [9.17, 15) is 14.4 Å². The van der Waals surface area contributed by atoms with Crippen LogP contribution >= 0.6 is 15.9 Å². The van der Waals surface area contributed by atoms with E-state index in [-0.39, 0.29) is 0 Å². The third-order valence-corrected chi connectivity index (χ3v) is 3.52. The second-order valence-corrected chi connectivity index (χ2v) is 5.30. The second-order valence-electron chi connectivity index (χ2n) is 4.66. The number of carbonyl (C=O) groups excluding carboxylic acids is 3. The molecule has 0 radical (unpaired) electrons. The van der Waals surface area contributed by atoms with Crippen molar-refractivity contribution in [3.05, 3.63) is 0 Å². The minimum atomic E-state index is -1.05. The summed E-state index contributed by atoms with van der Waals surface area (Å²) in [6, 6.07) is 0. The second kappa shape index (κ2) is 8.44. The minimum absolute atomic E-state index is 0.301. The van der Waals surface area contributed by atoms with E-state index in [0.717, 1.165) is 0 Å². The molecule has 0 amide bonds. The number of esters is 3. The van der Waals surface area contributed by atoms with Crippen LogP contribution < -0.4 is 0 Å². The maximum atomic E-state index is 11.4. The summed E-state index contributed by atoms with van der Waals surface area (Å²) in [5.41, 5.74) is 0. The Morgan fingerprint density at radius 3 is 1.77 bits per heavy atom. The third kappa shape index (κ3) is 4.92. The summed E-state index contributed by atoms with van der Waals surface area (Å²) in [6.45, 7) is 3.63. The van der Waals surface area contributed by atoms with Crippen molar-refractivity contribution in [2.75, 3.05) is 12.4 Å². The summed E-state index contributed by atoms with van der Waals surface area (Å²) in [5, 5.41) is 0.301. The van der Waals surface area contributed by atoms with Crippen molar-refractivity contribution in [1.82, 2.24) is 0 Å². The summed E-state index contributed by atoms with van der Waals surface area (Å²) in [4.78, 5) is 34.0. The Kier molecular flexibility index (Phi) is 7.24. The Labute approximate surface area is 136 Å². The molecule has 126 valence electrons. The highest BCUT2D eigenvalue weighted by atomic mass is 79.9. The number of ether oxygens (including phenoxy) is 5. The summed E-state index contributed by atoms with van der Waals surface area (Å²) in [6.07, 6.45) is -4.61. The van der Waals surface area contributed by atoms with Crippen LogP contribution in [0.3, 0.4) is 0 Å². The molecule has 1 fully saturated rings. The lowest BCUT2D eigenvalue weighted by Gasteiger charge is -2.43. The molecule has 2 unspecified atom stereocenters. The van der Waals surface area contributed by atoms with Crippen molar-refractivity contribution in [2.24, 2.45) is 0 Å². The van der Waals surface area contributed by atoms with Gasteiger partial charge in [-0.1, -0.05) is 15.9 Å². The number of methoxy groups -OCH3 is 1. The van der Waals surface area contributed by atoms with Gasteiger partial charge in [-0.2, -0.15) is 0 Å². The topological polar surface area (TPSA) is 97.4 Å². The van der Waals surface area contributed by atoms with Gasteiger partial charge in [0.2, 0.25) is 0 Å². The lowest BCUT2D eigenvalue weighted by molar-refractivity contribution is -0.293. The molecule has 1 heterocycles. The molecule has 9 heteroatoms. The van der Waals surface area contributed by atoms with Crippen LogP contribution in [0.2, 0.25) is 0 Å². The SMILES string of the molecule is CO[C@H]1OC(CBr)[C@@H](OC(C)=O)[C@H](OC(C)=O)C1OC(C)=O. The van der Waals surface area contributed by atoms with Crippen LogP contribution in [-0.2, 0) is 38.1 Å². The molecule has 0 spiro atoms. The summed E-state index contributed by atoms with van der Waals surface area (Å²) in [7, 11) is 1.36. The van der Waals surface area contributed by atoms with Crippen LogP contribution in [0.15, 0.2) is 0 Å². The molecule has 1 aliphatic rings. The van der Waals surface area contributed by atoms with E-state index in [1.165, 1.54) is 27.9 Å². The molecule has 22 heavy (non-hydrogen) atoms. The third-order valence-electron chi connectivity index (χ3n) is 2.88. The first-order valence-corrected chi connectivity index (χ1v) is 7.68. The molecule has 1 saturated heterocycles. The predicted octanol–water partition coefficient (Wildman–Crippen LogP) is 0.548. The molecule has 8 nitrogen and oxygen atoms in total. The summed E-state index contributed by atoms with van der Waals surface area (Å²) in [5.74, 6) is -1.79. The fourth-order valence-electron chi connectivity index (χ4n) is 2.17. The molecule has 0 N–H and O–H groups in total. The van der Waals surface area contributed by atoms with Gasteiger partial charge in [0.05, 0.1) is 0 Å². The van der Waals surface area contributed by atoms with Crippen LogP contribution in [0, 0.1) is 0 Å². The number of hydrogen-bond donors (Lipinski definition) is 0. The van der Waals surface area contributed by atoms with Gasteiger partial charge in [-0.05, 0) is 0 Å². The molecule has 5 atom stereocenters. The molecule has 1 rings (SSSR count). The Balaban J connectivity index is 3.14. The van der Waals surface area contributed by atoms with Crippen LogP contribution in [-0.4, -0.2) is 61.1 Å². The fraction of sp³-hybridized carbons (Fsp3) is 0.769. The van der Waals surface area contributed by atoms with Gasteiger partial charge in [0.1, 0.15) is 6.10 Å². The van der Waals surface area contributed by atoms with Gasteiger partial charge in [0, 0.05) is 33.2 Å². The zero-order valence-corrected chi connectivity index (χ0v) is 14.3. The van der Waals surface area contributed by atoms with Crippen LogP contribution in [0.1, 0.15) is 20.8 Å². The molecule has 0 aliphatic carbocycles. The van der Waals surface area contributed by atoms with Crippen molar-refractivity contribution in [3.63, 3.8) is 0 Å². The quantitative estimate of drug-likeness (QED) is 0.386. The van der Waals surface area contributed by atoms with Crippen molar-refractivity contribution in [2.45, 2.75) is 51.5 Å². The molecule has 0 aromatic carbocycles. The Morgan fingerprint density at radius 2 is 1.36 bits per heavy atom. The van der Waals surface area contributed by atoms with E-state index >= 15 is 0 Å². The monoisotopic (exact) mass is 382 g/mol. The Bertz CT molecular complexity index is 396. The minimum Gasteiger partial charge on any atom is -0.456 e. The molecule has 0 aromatic rings. The highest BCUT2D eigenvalue weighted by molar-refractivity contribution is 9.09. The average Bonchev–Trinajstić information content (AvgIpc) is 2.41. The molecule has 1 aliphatic heterocycles. The van der Waals surface area contributed by atoms with Crippen LogP contribution in [0.4, 0.5) is 0 Å². The number of rotatable bonds is 5. The highest BCUT2D eigenvalue weighted by Crippen LogP contribution is 2.29. The predicted molar refractivity (Wildman–Crippen MR) is 76.1 cm³/mol. The van der Waals surface area contributed by atoms with Gasteiger partial charge in [-0.3, -0.25) is 14.4 Å². The van der Waals surface area contributed by atoms with E-state index in [4.69, 9.17) is 23.7 Å². The average molecular weight is 383 g/mol. The number of hydrogen-bond acceptors (Lipinski definition) is 8. The fourth-order valence-corrected chi connectivity index (χ4v) is 2.69. The van der Waals surface area contributed by atoms with Crippen molar-refractivity contribution < 1.29 is 38.1 Å². The van der Waals surface area contributed by atoms with E-state index in [1.807, 2.05) is 0 Å². The zero-order valence-electron chi connectivity index (χ0n) is 12.7. The van der Waals surface area contributed by atoms with E-state index in [0.29, 0.717) is 5.33 Å². The van der Waals surface area contributed by atoms with Gasteiger partial charge in [0.25, 0.3) is 0 Å². The smallest absolute Gasteiger partial charge is 0.303 e. The first-order valence-electron chi connectivity index (χ1n) is 6.56. The normalized spacial score (nSPS) is 31.2. The first kappa shape index (κ1) is 18.9. The lowest BCUT2D eigenvalue weighted by Crippen LogP contribution is -2.62. The number of carbonyl (C=O) groups is 3. The Hall–Kier alpha value is -1.19. The maximum Gasteiger partial charge on any atom is 0.303 e. The maximum absolute atomic E-state index is 11.4. The van der Waals surface area contributed by atoms with Gasteiger partial charge >= 0.3 is 17.9 Å². The molecule has 0 bridgehead atoms. The number of alkyl halides is 1. The van der Waals surface area contributed by atoms with Gasteiger partial charge in [-0.25, -0.2) is 0 Å². The lowest BCUT2D eigenvalue weighted by atomic mass is 9.99. The van der Waals surface area contributed by atoms with E-state index in [2.05, 4.69) is 15.9 Å². The Morgan fingerprint density at radius 1 is 0.909 bits per heavy atom. The van der Waals surface area contributed by atoms with Crippen LogP contribution in [0.25, 0.3) is 0 Å². The highest BCUT2D eigenvalue weighted by Gasteiger charge is 2.51. The summed E-state index contributed by atoms with van der Waals surface area (Å²) < 4.78 is 26.3. The first-order chi connectivity index (χ1) is 10.3. The molecular weight excluding hydrogens is 364 g/mol. The standard InChI is InChI=1S/C13H19BrO8/c1-6(15)19-10-9(5-14)22-13(18-4)12(21-8(3)17)11(10)20-7(2)16/h9-13H,5H2,1-4H3/t9?,10-,11+,12?,13+/m1/s1. The van der Waals surface area contributed by atoms with Gasteiger partial charge < -0.3 is 23.7 Å². The van der Waals surface area contributed by atoms with E-state index < -0.39 is 48.6 Å². The molecular formula is C13H19BrO8. The van der Waals surface area contributed by atoms with E-state index in [1.54, 1.807) is 0 Å².